The van der Waals surface area contributed by atoms with E-state index in [4.69, 9.17) is 4.42 Å². The second kappa shape index (κ2) is 8.63. The molecule has 1 aliphatic heterocycles. The summed E-state index contributed by atoms with van der Waals surface area (Å²) in [6.07, 6.45) is 6.23. The molecule has 2 aromatic heterocycles. The highest BCUT2D eigenvalue weighted by atomic mass is 16.3. The summed E-state index contributed by atoms with van der Waals surface area (Å²) >= 11 is 0. The van der Waals surface area contributed by atoms with Crippen molar-refractivity contribution in [1.82, 2.24) is 15.6 Å². The fourth-order valence-electron chi connectivity index (χ4n) is 3.03. The van der Waals surface area contributed by atoms with Gasteiger partial charge in [-0.15, -0.1) is 0 Å². The third-order valence-corrected chi connectivity index (χ3v) is 4.48. The van der Waals surface area contributed by atoms with E-state index >= 15 is 0 Å². The van der Waals surface area contributed by atoms with E-state index in [1.54, 1.807) is 6.26 Å². The standard InChI is InChI=1S/C11H16N2O2.C10H9N/c1-8-5-10(12-6-8)11(14)13-7-9-3-2-4-15-9;1-8-2-3-10-7-11-5-4-9(10)6-8/h2-4,8,10,12H,5-7H2,1H3,(H,13,14);2-7H,1H3. The zero-order chi connectivity index (χ0) is 18.4. The van der Waals surface area contributed by atoms with Crippen LogP contribution in [0, 0.1) is 12.8 Å². The van der Waals surface area contributed by atoms with E-state index in [0.29, 0.717) is 12.5 Å². The van der Waals surface area contributed by atoms with Crippen LogP contribution in [0.5, 0.6) is 0 Å². The van der Waals surface area contributed by atoms with Crippen LogP contribution in [-0.4, -0.2) is 23.5 Å². The molecule has 26 heavy (non-hydrogen) atoms. The number of amides is 1. The van der Waals surface area contributed by atoms with Crippen molar-refractivity contribution in [1.29, 1.82) is 0 Å². The highest BCUT2D eigenvalue weighted by molar-refractivity contribution is 5.82. The quantitative estimate of drug-likeness (QED) is 0.759. The Morgan fingerprint density at radius 3 is 2.92 bits per heavy atom. The molecule has 5 heteroatoms. The van der Waals surface area contributed by atoms with E-state index in [1.165, 1.54) is 16.3 Å². The van der Waals surface area contributed by atoms with Crippen molar-refractivity contribution in [2.75, 3.05) is 6.54 Å². The Bertz CT molecular complexity index is 845. The van der Waals surface area contributed by atoms with Crippen LogP contribution in [0.4, 0.5) is 0 Å². The van der Waals surface area contributed by atoms with Crippen LogP contribution >= 0.6 is 0 Å². The van der Waals surface area contributed by atoms with Crippen molar-refractivity contribution in [3.63, 3.8) is 0 Å². The third kappa shape index (κ3) is 4.92. The van der Waals surface area contributed by atoms with Crippen molar-refractivity contribution < 1.29 is 9.21 Å². The second-order valence-corrected chi connectivity index (χ2v) is 6.83. The fourth-order valence-corrected chi connectivity index (χ4v) is 3.03. The Balaban J connectivity index is 0.000000158. The molecular weight excluding hydrogens is 326 g/mol. The Labute approximate surface area is 153 Å². The average Bonchev–Trinajstić information content (AvgIpc) is 3.32. The summed E-state index contributed by atoms with van der Waals surface area (Å²) < 4.78 is 5.13. The summed E-state index contributed by atoms with van der Waals surface area (Å²) in [4.78, 5) is 15.7. The molecule has 1 saturated heterocycles. The first kappa shape index (κ1) is 18.1. The predicted molar refractivity (Wildman–Crippen MR) is 103 cm³/mol. The van der Waals surface area contributed by atoms with Gasteiger partial charge in [-0.3, -0.25) is 9.78 Å². The molecule has 4 rings (SSSR count). The topological polar surface area (TPSA) is 67.2 Å². The van der Waals surface area contributed by atoms with Gasteiger partial charge in [0.1, 0.15) is 5.76 Å². The summed E-state index contributed by atoms with van der Waals surface area (Å²) in [6.45, 7) is 5.64. The number of carbonyl (C=O) groups excluding carboxylic acids is 1. The van der Waals surface area contributed by atoms with Gasteiger partial charge in [0.05, 0.1) is 18.8 Å². The number of hydrogen-bond donors (Lipinski definition) is 2. The van der Waals surface area contributed by atoms with E-state index < -0.39 is 0 Å². The number of benzene rings is 1. The maximum Gasteiger partial charge on any atom is 0.237 e. The van der Waals surface area contributed by atoms with Crippen molar-refractivity contribution in [2.45, 2.75) is 32.9 Å². The largest absolute Gasteiger partial charge is 0.467 e. The first-order valence-corrected chi connectivity index (χ1v) is 8.95. The lowest BCUT2D eigenvalue weighted by atomic mass is 10.1. The molecule has 0 radical (unpaired) electrons. The number of fused-ring (bicyclic) bond motifs is 1. The van der Waals surface area contributed by atoms with Crippen molar-refractivity contribution >= 4 is 16.7 Å². The predicted octanol–water partition coefficient (Wildman–Crippen LogP) is 3.44. The molecule has 2 N–H and O–H groups in total. The molecule has 5 nitrogen and oxygen atoms in total. The molecule has 1 fully saturated rings. The SMILES string of the molecule is CC1CNC(C(=O)NCc2ccco2)C1.Cc1ccc2cnccc2c1. The average molecular weight is 351 g/mol. The molecule has 2 atom stereocenters. The summed E-state index contributed by atoms with van der Waals surface area (Å²) in [5, 5.41) is 8.52. The minimum absolute atomic E-state index is 0.0324. The molecule has 3 aromatic rings. The molecule has 0 aliphatic carbocycles. The van der Waals surface area contributed by atoms with Gasteiger partial charge in [-0.05, 0) is 49.4 Å². The first-order chi connectivity index (χ1) is 12.6. The molecule has 0 spiro atoms. The van der Waals surface area contributed by atoms with Gasteiger partial charge in [-0.2, -0.15) is 0 Å². The molecule has 1 amide bonds. The highest BCUT2D eigenvalue weighted by Crippen LogP contribution is 2.13. The summed E-state index contributed by atoms with van der Waals surface area (Å²) in [7, 11) is 0. The van der Waals surface area contributed by atoms with E-state index in [2.05, 4.69) is 47.7 Å². The number of aromatic nitrogens is 1. The van der Waals surface area contributed by atoms with Gasteiger partial charge in [-0.25, -0.2) is 0 Å². The Morgan fingerprint density at radius 1 is 1.31 bits per heavy atom. The number of hydrogen-bond acceptors (Lipinski definition) is 4. The normalized spacial score (nSPS) is 19.0. The number of furan rings is 1. The van der Waals surface area contributed by atoms with Crippen molar-refractivity contribution in [2.24, 2.45) is 5.92 Å². The zero-order valence-electron chi connectivity index (χ0n) is 15.2. The lowest BCUT2D eigenvalue weighted by Gasteiger charge is -2.09. The number of nitrogens with zero attached hydrogens (tertiary/aromatic N) is 1. The zero-order valence-corrected chi connectivity index (χ0v) is 15.2. The maximum atomic E-state index is 11.7. The van der Waals surface area contributed by atoms with Crippen molar-refractivity contribution in [3.05, 3.63) is 66.4 Å². The Kier molecular flexibility index (Phi) is 6.02. The van der Waals surface area contributed by atoms with E-state index in [-0.39, 0.29) is 11.9 Å². The first-order valence-electron chi connectivity index (χ1n) is 8.95. The van der Waals surface area contributed by atoms with Gasteiger partial charge in [0.2, 0.25) is 5.91 Å². The van der Waals surface area contributed by atoms with Gasteiger partial charge < -0.3 is 15.1 Å². The summed E-state index contributed by atoms with van der Waals surface area (Å²) in [5.41, 5.74) is 1.30. The smallest absolute Gasteiger partial charge is 0.237 e. The molecule has 2 unspecified atom stereocenters. The van der Waals surface area contributed by atoms with E-state index in [1.807, 2.05) is 30.6 Å². The number of nitrogens with one attached hydrogen (secondary N) is 2. The molecule has 3 heterocycles. The number of rotatable bonds is 3. The number of carbonyl (C=O) groups is 1. The highest BCUT2D eigenvalue weighted by Gasteiger charge is 2.26. The van der Waals surface area contributed by atoms with E-state index in [0.717, 1.165) is 18.7 Å². The van der Waals surface area contributed by atoms with Gasteiger partial charge >= 0.3 is 0 Å². The molecular formula is C21H25N3O2. The van der Waals surface area contributed by atoms with Gasteiger partial charge in [0, 0.05) is 17.8 Å². The lowest BCUT2D eigenvalue weighted by molar-refractivity contribution is -0.123. The van der Waals surface area contributed by atoms with Crippen LogP contribution in [0.15, 0.2) is 59.5 Å². The molecule has 0 bridgehead atoms. The van der Waals surface area contributed by atoms with Gasteiger partial charge in [-0.1, -0.05) is 30.7 Å². The summed E-state index contributed by atoms with van der Waals surface area (Å²) in [5.74, 6) is 1.44. The minimum Gasteiger partial charge on any atom is -0.467 e. The van der Waals surface area contributed by atoms with Gasteiger partial charge in [0.15, 0.2) is 0 Å². The van der Waals surface area contributed by atoms with E-state index in [9.17, 15) is 4.79 Å². The fraction of sp³-hybridized carbons (Fsp3) is 0.333. The minimum atomic E-state index is -0.0324. The lowest BCUT2D eigenvalue weighted by Crippen LogP contribution is -2.39. The molecule has 1 aliphatic rings. The monoisotopic (exact) mass is 351 g/mol. The Morgan fingerprint density at radius 2 is 2.19 bits per heavy atom. The van der Waals surface area contributed by atoms with Crippen LogP contribution in [0.2, 0.25) is 0 Å². The Hall–Kier alpha value is -2.66. The van der Waals surface area contributed by atoms with Crippen LogP contribution in [0.1, 0.15) is 24.7 Å². The third-order valence-electron chi connectivity index (χ3n) is 4.48. The van der Waals surface area contributed by atoms with Crippen LogP contribution < -0.4 is 10.6 Å². The maximum absolute atomic E-state index is 11.7. The molecule has 136 valence electrons. The van der Waals surface area contributed by atoms with Crippen LogP contribution in [0.25, 0.3) is 10.8 Å². The molecule has 1 aromatic carbocycles. The van der Waals surface area contributed by atoms with Crippen molar-refractivity contribution in [3.8, 4) is 0 Å². The summed E-state index contributed by atoms with van der Waals surface area (Å²) in [6, 6.07) is 12.0. The second-order valence-electron chi connectivity index (χ2n) is 6.83. The number of aryl methyl sites for hydroxylation is 1. The number of pyridine rings is 1. The van der Waals surface area contributed by atoms with Crippen LogP contribution in [-0.2, 0) is 11.3 Å². The van der Waals surface area contributed by atoms with Crippen LogP contribution in [0.3, 0.4) is 0 Å². The molecule has 0 saturated carbocycles. The van der Waals surface area contributed by atoms with Gasteiger partial charge in [0.25, 0.3) is 0 Å².